The molecule has 0 saturated heterocycles. The lowest BCUT2D eigenvalue weighted by Gasteiger charge is -2.16. The number of pyridine rings is 1. The lowest BCUT2D eigenvalue weighted by molar-refractivity contribution is 0.712. The molecule has 0 aliphatic carbocycles. The predicted molar refractivity (Wildman–Crippen MR) is 132 cm³/mol. The minimum absolute atomic E-state index is 0.276. The third-order valence-corrected chi connectivity index (χ3v) is 8.21. The Balaban J connectivity index is 0.000000580. The van der Waals surface area contributed by atoms with Crippen LogP contribution in [0.25, 0.3) is 0 Å². The van der Waals surface area contributed by atoms with Crippen molar-refractivity contribution in [1.29, 1.82) is 0 Å². The second-order valence-electron chi connectivity index (χ2n) is 6.43. The third-order valence-electron chi connectivity index (χ3n) is 3.78. The molecule has 0 spiro atoms. The molecule has 0 radical (unpaired) electrons. The van der Waals surface area contributed by atoms with E-state index in [1.807, 2.05) is 30.1 Å². The highest BCUT2D eigenvalue weighted by Gasteiger charge is 2.04. The van der Waals surface area contributed by atoms with Crippen LogP contribution >= 0.6 is 32.3 Å². The molecule has 0 amide bonds. The fourth-order valence-corrected chi connectivity index (χ4v) is 5.87. The molecule has 0 saturated carbocycles. The molecule has 1 aromatic rings. The Bertz CT molecular complexity index is 382. The molecule has 1 aromatic heterocycles. The maximum absolute atomic E-state index is 4.31. The first-order chi connectivity index (χ1) is 13.3. The maximum atomic E-state index is 4.31. The lowest BCUT2D eigenvalue weighted by Crippen LogP contribution is -2.19. The molecule has 158 valence electrons. The van der Waals surface area contributed by atoms with Gasteiger partial charge in [-0.15, -0.1) is 7.92 Å². The molecule has 1 rings (SSSR count). The molecule has 0 aliphatic rings. The summed E-state index contributed by atoms with van der Waals surface area (Å²) in [5, 5.41) is 6.80. The first-order valence-corrected chi connectivity index (χ1v) is 14.2. The van der Waals surface area contributed by atoms with Crippen molar-refractivity contribution in [2.45, 2.75) is 46.6 Å². The van der Waals surface area contributed by atoms with Crippen LogP contribution < -0.4 is 10.6 Å². The Morgan fingerprint density at radius 3 is 2.30 bits per heavy atom. The average molecular weight is 432 g/mol. The standard InChI is InChI=1S/C14H25N2P.C7H17NS2/c1-3-10-17(11-4-2)12-9-15-13-14-7-5-6-8-16-14;1-2-6-10-7-4-8-3-5-9/h5-8,15H,3-4,9-13H2,1-2H3;8-9H,2-7H2,1H3. The SMILES string of the molecule is CCCP(CCC)CCNCc1ccccn1.CCCSCCNCCS. The Kier molecular flexibility index (Phi) is 22.7. The molecule has 0 aromatic carbocycles. The summed E-state index contributed by atoms with van der Waals surface area (Å²) in [4.78, 5) is 4.31. The van der Waals surface area contributed by atoms with E-state index < -0.39 is 0 Å². The molecule has 3 nitrogen and oxygen atoms in total. The van der Waals surface area contributed by atoms with E-state index in [1.165, 1.54) is 49.3 Å². The lowest BCUT2D eigenvalue weighted by atomic mass is 10.3. The van der Waals surface area contributed by atoms with Gasteiger partial charge in [0.2, 0.25) is 0 Å². The van der Waals surface area contributed by atoms with Gasteiger partial charge in [0.05, 0.1) is 5.69 Å². The van der Waals surface area contributed by atoms with Gasteiger partial charge in [0.1, 0.15) is 0 Å². The number of hydrogen-bond acceptors (Lipinski definition) is 5. The maximum Gasteiger partial charge on any atom is 0.0541 e. The minimum atomic E-state index is 0.276. The van der Waals surface area contributed by atoms with Gasteiger partial charge >= 0.3 is 0 Å². The van der Waals surface area contributed by atoms with E-state index in [4.69, 9.17) is 0 Å². The van der Waals surface area contributed by atoms with Crippen molar-refractivity contribution in [3.05, 3.63) is 30.1 Å². The molecule has 0 aliphatic heterocycles. The van der Waals surface area contributed by atoms with E-state index in [1.54, 1.807) is 0 Å². The van der Waals surface area contributed by atoms with Crippen molar-refractivity contribution < 1.29 is 0 Å². The third kappa shape index (κ3) is 19.3. The minimum Gasteiger partial charge on any atom is -0.315 e. The van der Waals surface area contributed by atoms with Crippen molar-refractivity contribution >= 4 is 32.3 Å². The van der Waals surface area contributed by atoms with Crippen molar-refractivity contribution in [3.63, 3.8) is 0 Å². The zero-order chi connectivity index (χ0) is 20.0. The summed E-state index contributed by atoms with van der Waals surface area (Å²) >= 11 is 6.11. The summed E-state index contributed by atoms with van der Waals surface area (Å²) in [6.07, 6.45) is 10.1. The molecule has 1 heterocycles. The van der Waals surface area contributed by atoms with Crippen LogP contribution in [-0.4, -0.2) is 60.4 Å². The Labute approximate surface area is 179 Å². The van der Waals surface area contributed by atoms with Crippen LogP contribution in [0.15, 0.2) is 24.4 Å². The molecular weight excluding hydrogens is 389 g/mol. The van der Waals surface area contributed by atoms with E-state index in [2.05, 4.69) is 55.1 Å². The largest absolute Gasteiger partial charge is 0.315 e. The summed E-state index contributed by atoms with van der Waals surface area (Å²) in [6, 6.07) is 6.09. The first kappa shape index (κ1) is 27.2. The molecule has 0 atom stereocenters. The van der Waals surface area contributed by atoms with Gasteiger partial charge in [0, 0.05) is 37.3 Å². The summed E-state index contributed by atoms with van der Waals surface area (Å²) in [6.45, 7) is 11.0. The number of hydrogen-bond donors (Lipinski definition) is 3. The highest BCUT2D eigenvalue weighted by Crippen LogP contribution is 2.35. The van der Waals surface area contributed by atoms with Crippen LogP contribution in [0.3, 0.4) is 0 Å². The van der Waals surface area contributed by atoms with Crippen molar-refractivity contribution in [2.24, 2.45) is 0 Å². The quantitative estimate of drug-likeness (QED) is 0.193. The van der Waals surface area contributed by atoms with Gasteiger partial charge in [-0.25, -0.2) is 0 Å². The van der Waals surface area contributed by atoms with Gasteiger partial charge in [-0.1, -0.05) is 39.7 Å². The number of thioether (sulfide) groups is 1. The number of nitrogens with one attached hydrogen (secondary N) is 2. The number of thiol groups is 1. The van der Waals surface area contributed by atoms with Gasteiger partial charge in [0.15, 0.2) is 0 Å². The van der Waals surface area contributed by atoms with E-state index in [-0.39, 0.29) is 7.92 Å². The van der Waals surface area contributed by atoms with E-state index in [0.29, 0.717) is 0 Å². The molecule has 0 fully saturated rings. The van der Waals surface area contributed by atoms with Crippen LogP contribution in [-0.2, 0) is 6.54 Å². The van der Waals surface area contributed by atoms with Gasteiger partial charge in [0.25, 0.3) is 0 Å². The van der Waals surface area contributed by atoms with Crippen LogP contribution in [0.1, 0.15) is 45.7 Å². The van der Waals surface area contributed by atoms with Gasteiger partial charge < -0.3 is 10.6 Å². The summed E-state index contributed by atoms with van der Waals surface area (Å²) in [7, 11) is 0.276. The normalized spacial score (nSPS) is 10.7. The topological polar surface area (TPSA) is 37.0 Å². The molecule has 6 heteroatoms. The van der Waals surface area contributed by atoms with Crippen molar-refractivity contribution in [3.8, 4) is 0 Å². The Hall–Kier alpha value is 0.200. The summed E-state index contributed by atoms with van der Waals surface area (Å²) in [5.41, 5.74) is 1.14. The van der Waals surface area contributed by atoms with Gasteiger partial charge in [-0.3, -0.25) is 4.98 Å². The monoisotopic (exact) mass is 431 g/mol. The second kappa shape index (κ2) is 22.5. The number of nitrogens with zero attached hydrogens (tertiary/aromatic N) is 1. The fourth-order valence-electron chi connectivity index (χ4n) is 2.52. The number of aromatic nitrogens is 1. The van der Waals surface area contributed by atoms with Crippen LogP contribution in [0.5, 0.6) is 0 Å². The van der Waals surface area contributed by atoms with Crippen LogP contribution in [0.4, 0.5) is 0 Å². The molecule has 2 N–H and O–H groups in total. The zero-order valence-electron chi connectivity index (χ0n) is 17.8. The fraction of sp³-hybridized carbons (Fsp3) is 0.762. The molecule has 0 unspecified atom stereocenters. The Morgan fingerprint density at radius 2 is 1.70 bits per heavy atom. The smallest absolute Gasteiger partial charge is 0.0541 e. The summed E-state index contributed by atoms with van der Waals surface area (Å²) in [5.74, 6) is 3.47. The molecule has 0 bridgehead atoms. The molecule has 27 heavy (non-hydrogen) atoms. The van der Waals surface area contributed by atoms with Crippen LogP contribution in [0, 0.1) is 0 Å². The first-order valence-electron chi connectivity index (χ1n) is 10.5. The van der Waals surface area contributed by atoms with Gasteiger partial charge in [-0.2, -0.15) is 24.4 Å². The van der Waals surface area contributed by atoms with Gasteiger partial charge in [-0.05, 0) is 49.3 Å². The Morgan fingerprint density at radius 1 is 0.926 bits per heavy atom. The zero-order valence-corrected chi connectivity index (χ0v) is 20.4. The van der Waals surface area contributed by atoms with E-state index in [9.17, 15) is 0 Å². The van der Waals surface area contributed by atoms with Crippen LogP contribution in [0.2, 0.25) is 0 Å². The molecular formula is C21H42N3PS2. The number of rotatable bonds is 16. The summed E-state index contributed by atoms with van der Waals surface area (Å²) < 4.78 is 0. The predicted octanol–water partition coefficient (Wildman–Crippen LogP) is 5.12. The van der Waals surface area contributed by atoms with Crippen molar-refractivity contribution in [2.75, 3.05) is 55.4 Å². The van der Waals surface area contributed by atoms with Crippen molar-refractivity contribution in [1.82, 2.24) is 15.6 Å². The van der Waals surface area contributed by atoms with E-state index >= 15 is 0 Å². The highest BCUT2D eigenvalue weighted by atomic mass is 32.2. The van der Waals surface area contributed by atoms with E-state index in [0.717, 1.165) is 37.6 Å². The average Bonchev–Trinajstić information content (AvgIpc) is 2.69. The second-order valence-corrected chi connectivity index (χ2v) is 10.8. The highest BCUT2D eigenvalue weighted by molar-refractivity contribution is 7.99.